The third-order valence-corrected chi connectivity index (χ3v) is 4.71. The Labute approximate surface area is 132 Å². The topological polar surface area (TPSA) is 71.3 Å². The average molecular weight is 316 g/mol. The minimum absolute atomic E-state index is 0.00782. The van der Waals surface area contributed by atoms with Gasteiger partial charge in [-0.3, -0.25) is 9.59 Å². The van der Waals surface area contributed by atoms with Gasteiger partial charge in [-0.2, -0.15) is 0 Å². The Hall–Kier alpha value is -2.21. The summed E-state index contributed by atoms with van der Waals surface area (Å²) >= 11 is 1.59. The van der Waals surface area contributed by atoms with Crippen LogP contribution in [0, 0.1) is 0 Å². The molecule has 0 spiro atoms. The molecule has 3 rings (SSSR count). The lowest BCUT2D eigenvalue weighted by molar-refractivity contribution is -0.120. The van der Waals surface area contributed by atoms with Crippen molar-refractivity contribution >= 4 is 23.6 Å². The lowest BCUT2D eigenvalue weighted by atomic mass is 10.1. The van der Waals surface area contributed by atoms with E-state index in [9.17, 15) is 9.59 Å². The van der Waals surface area contributed by atoms with E-state index in [1.807, 2.05) is 18.2 Å². The molecular formula is C16H16N2O3S. The number of furan rings is 1. The van der Waals surface area contributed by atoms with E-state index in [-0.39, 0.29) is 22.8 Å². The Balaban J connectivity index is 1.40. The largest absolute Gasteiger partial charge is 0.459 e. The molecule has 1 aromatic heterocycles. The molecule has 0 saturated heterocycles. The Bertz CT molecular complexity index is 645. The second kappa shape index (κ2) is 6.70. The molecule has 1 aromatic carbocycles. The molecule has 1 atom stereocenters. The fourth-order valence-corrected chi connectivity index (χ4v) is 3.52. The van der Waals surface area contributed by atoms with Gasteiger partial charge in [0.2, 0.25) is 5.91 Å². The van der Waals surface area contributed by atoms with Gasteiger partial charge in [-0.05, 0) is 30.2 Å². The number of carbonyl (C=O) groups excluding carboxylic acids is 2. The summed E-state index contributed by atoms with van der Waals surface area (Å²) in [5.41, 5.74) is 1.22. The maximum atomic E-state index is 12.1. The molecule has 1 unspecified atom stereocenters. The maximum absolute atomic E-state index is 12.1. The smallest absolute Gasteiger partial charge is 0.287 e. The lowest BCUT2D eigenvalue weighted by Crippen LogP contribution is -2.38. The van der Waals surface area contributed by atoms with E-state index in [0.29, 0.717) is 13.1 Å². The first kappa shape index (κ1) is 14.7. The number of rotatable bonds is 5. The van der Waals surface area contributed by atoms with Crippen molar-refractivity contribution in [3.8, 4) is 0 Å². The summed E-state index contributed by atoms with van der Waals surface area (Å²) in [6.07, 6.45) is 2.21. The molecule has 22 heavy (non-hydrogen) atoms. The molecule has 5 nitrogen and oxygen atoms in total. The molecule has 2 amide bonds. The molecule has 0 aliphatic carbocycles. The highest BCUT2D eigenvalue weighted by Crippen LogP contribution is 2.36. The Kier molecular flexibility index (Phi) is 4.48. The minimum atomic E-state index is -0.276. The van der Waals surface area contributed by atoms with Gasteiger partial charge in [0, 0.05) is 18.0 Å². The van der Waals surface area contributed by atoms with Crippen LogP contribution in [0.1, 0.15) is 16.1 Å². The number of amides is 2. The predicted molar refractivity (Wildman–Crippen MR) is 83.8 cm³/mol. The Morgan fingerprint density at radius 2 is 1.95 bits per heavy atom. The fraction of sp³-hybridized carbons (Fsp3) is 0.250. The number of fused-ring (bicyclic) bond motifs is 1. The molecule has 0 fully saturated rings. The van der Waals surface area contributed by atoms with Gasteiger partial charge in [-0.15, -0.1) is 11.8 Å². The summed E-state index contributed by atoms with van der Waals surface area (Å²) in [7, 11) is 0. The standard InChI is InChI=1S/C16H16N2O3S/c19-15(12-5-3-9-21-12)17-7-8-18-16(20)14-10-11-4-1-2-6-13(11)22-14/h1-6,9,14H,7-8,10H2,(H,17,19)(H,18,20). The molecule has 0 radical (unpaired) electrons. The van der Waals surface area contributed by atoms with E-state index >= 15 is 0 Å². The molecule has 1 aliphatic rings. The average Bonchev–Trinajstić information content (AvgIpc) is 3.19. The van der Waals surface area contributed by atoms with E-state index in [0.717, 1.165) is 6.42 Å². The van der Waals surface area contributed by atoms with Gasteiger partial charge >= 0.3 is 0 Å². The number of benzene rings is 1. The zero-order chi connectivity index (χ0) is 15.4. The van der Waals surface area contributed by atoms with E-state index in [1.165, 1.54) is 16.7 Å². The van der Waals surface area contributed by atoms with Crippen molar-refractivity contribution in [1.29, 1.82) is 0 Å². The van der Waals surface area contributed by atoms with Crippen LogP contribution >= 0.6 is 11.8 Å². The minimum Gasteiger partial charge on any atom is -0.459 e. The Morgan fingerprint density at radius 1 is 1.14 bits per heavy atom. The van der Waals surface area contributed by atoms with Gasteiger partial charge in [-0.25, -0.2) is 0 Å². The molecular weight excluding hydrogens is 300 g/mol. The summed E-state index contributed by atoms with van der Waals surface area (Å²) in [4.78, 5) is 24.9. The van der Waals surface area contributed by atoms with Crippen LogP contribution in [0.2, 0.25) is 0 Å². The van der Waals surface area contributed by atoms with Gasteiger partial charge in [0.15, 0.2) is 5.76 Å². The quantitative estimate of drug-likeness (QED) is 0.826. The van der Waals surface area contributed by atoms with Gasteiger partial charge < -0.3 is 15.1 Å². The lowest BCUT2D eigenvalue weighted by Gasteiger charge is -2.10. The molecule has 2 N–H and O–H groups in total. The van der Waals surface area contributed by atoms with Crippen LogP contribution in [0.4, 0.5) is 0 Å². The van der Waals surface area contributed by atoms with E-state index in [1.54, 1.807) is 23.9 Å². The van der Waals surface area contributed by atoms with Crippen molar-refractivity contribution in [2.75, 3.05) is 13.1 Å². The first-order valence-electron chi connectivity index (χ1n) is 7.08. The molecule has 114 valence electrons. The normalized spacial score (nSPS) is 16.1. The molecule has 0 saturated carbocycles. The monoisotopic (exact) mass is 316 g/mol. The van der Waals surface area contributed by atoms with E-state index in [4.69, 9.17) is 4.42 Å². The first-order chi connectivity index (χ1) is 10.7. The zero-order valence-electron chi connectivity index (χ0n) is 11.9. The van der Waals surface area contributed by atoms with Crippen molar-refractivity contribution in [3.63, 3.8) is 0 Å². The van der Waals surface area contributed by atoms with Gasteiger partial charge in [0.05, 0.1) is 11.5 Å². The highest BCUT2D eigenvalue weighted by atomic mass is 32.2. The summed E-state index contributed by atoms with van der Waals surface area (Å²) in [5.74, 6) is 0.00321. The van der Waals surface area contributed by atoms with Crippen LogP contribution in [0.15, 0.2) is 52.0 Å². The van der Waals surface area contributed by atoms with Crippen molar-refractivity contribution in [1.82, 2.24) is 10.6 Å². The first-order valence-corrected chi connectivity index (χ1v) is 7.96. The number of hydrogen-bond donors (Lipinski definition) is 2. The third-order valence-electron chi connectivity index (χ3n) is 3.39. The molecule has 2 aromatic rings. The predicted octanol–water partition coefficient (Wildman–Crippen LogP) is 1.84. The fourth-order valence-electron chi connectivity index (χ4n) is 2.30. The third kappa shape index (κ3) is 3.33. The SMILES string of the molecule is O=C(NCCNC(=O)C1Cc2ccccc2S1)c1ccco1. The van der Waals surface area contributed by atoms with Crippen LogP contribution in [-0.2, 0) is 11.2 Å². The summed E-state index contributed by atoms with van der Waals surface area (Å²) in [6.45, 7) is 0.772. The van der Waals surface area contributed by atoms with Crippen LogP contribution in [0.5, 0.6) is 0 Å². The van der Waals surface area contributed by atoms with Crippen LogP contribution in [-0.4, -0.2) is 30.2 Å². The number of nitrogens with one attached hydrogen (secondary N) is 2. The van der Waals surface area contributed by atoms with Gasteiger partial charge in [0.1, 0.15) is 0 Å². The van der Waals surface area contributed by atoms with E-state index in [2.05, 4.69) is 16.7 Å². The highest BCUT2D eigenvalue weighted by molar-refractivity contribution is 8.01. The van der Waals surface area contributed by atoms with Crippen molar-refractivity contribution in [2.24, 2.45) is 0 Å². The summed E-state index contributed by atoms with van der Waals surface area (Å²) in [5, 5.41) is 5.46. The second-order valence-corrected chi connectivity index (χ2v) is 6.19. The second-order valence-electron chi connectivity index (χ2n) is 4.94. The molecule has 2 heterocycles. The van der Waals surface area contributed by atoms with Crippen molar-refractivity contribution < 1.29 is 14.0 Å². The van der Waals surface area contributed by atoms with Gasteiger partial charge in [0.25, 0.3) is 5.91 Å². The molecule has 0 bridgehead atoms. The Morgan fingerprint density at radius 3 is 2.73 bits per heavy atom. The van der Waals surface area contributed by atoms with Gasteiger partial charge in [-0.1, -0.05) is 18.2 Å². The number of carbonyl (C=O) groups is 2. The maximum Gasteiger partial charge on any atom is 0.287 e. The summed E-state index contributed by atoms with van der Waals surface area (Å²) in [6, 6.07) is 11.3. The van der Waals surface area contributed by atoms with Crippen LogP contribution < -0.4 is 10.6 Å². The molecule has 6 heteroatoms. The van der Waals surface area contributed by atoms with Crippen molar-refractivity contribution in [3.05, 3.63) is 54.0 Å². The van der Waals surface area contributed by atoms with Crippen LogP contribution in [0.25, 0.3) is 0 Å². The summed E-state index contributed by atoms with van der Waals surface area (Å²) < 4.78 is 4.99. The number of hydrogen-bond acceptors (Lipinski definition) is 4. The highest BCUT2D eigenvalue weighted by Gasteiger charge is 2.27. The zero-order valence-corrected chi connectivity index (χ0v) is 12.7. The number of thioether (sulfide) groups is 1. The molecule has 1 aliphatic heterocycles. The van der Waals surface area contributed by atoms with Crippen LogP contribution in [0.3, 0.4) is 0 Å². The van der Waals surface area contributed by atoms with E-state index < -0.39 is 0 Å². The van der Waals surface area contributed by atoms with Crippen molar-refractivity contribution in [2.45, 2.75) is 16.6 Å².